The molecule has 2 unspecified atom stereocenters. The van der Waals surface area contributed by atoms with E-state index in [0.717, 1.165) is 18.5 Å². The Hall–Kier alpha value is -0.450. The molecule has 1 fully saturated rings. The van der Waals surface area contributed by atoms with Crippen LogP contribution in [0.2, 0.25) is 0 Å². The highest BCUT2D eigenvalue weighted by Crippen LogP contribution is 2.25. The lowest BCUT2D eigenvalue weighted by Gasteiger charge is -2.25. The molecule has 0 aromatic heterocycles. The van der Waals surface area contributed by atoms with Crippen molar-refractivity contribution in [2.75, 3.05) is 6.54 Å². The van der Waals surface area contributed by atoms with E-state index in [-0.39, 0.29) is 5.82 Å². The number of hydrogen-bond acceptors (Lipinski definition) is 2. The number of benzene rings is 1. The molecule has 1 saturated heterocycles. The van der Waals surface area contributed by atoms with E-state index in [1.165, 1.54) is 18.9 Å². The molecule has 0 radical (unpaired) electrons. The van der Waals surface area contributed by atoms with E-state index in [9.17, 15) is 9.50 Å². The molecule has 0 amide bonds. The standard InChI is InChI=1S/C13H17BrFNO/c14-11-7-9(4-5-12(11)15)13(17)8-10-3-1-2-6-16-10/h4-5,7,10,13,16-17H,1-3,6,8H2. The molecular weight excluding hydrogens is 285 g/mol. The first-order valence-electron chi connectivity index (χ1n) is 6.03. The molecule has 4 heteroatoms. The van der Waals surface area contributed by atoms with Gasteiger partial charge in [-0.3, -0.25) is 0 Å². The van der Waals surface area contributed by atoms with Crippen molar-refractivity contribution in [3.8, 4) is 0 Å². The molecule has 1 aliphatic rings. The molecule has 17 heavy (non-hydrogen) atoms. The third-order valence-corrected chi connectivity index (χ3v) is 3.86. The lowest BCUT2D eigenvalue weighted by Crippen LogP contribution is -2.35. The Bertz CT molecular complexity index is 380. The minimum Gasteiger partial charge on any atom is -0.388 e. The summed E-state index contributed by atoms with van der Waals surface area (Å²) in [4.78, 5) is 0. The third kappa shape index (κ3) is 3.50. The van der Waals surface area contributed by atoms with Crippen LogP contribution in [0.4, 0.5) is 4.39 Å². The Morgan fingerprint density at radius 1 is 1.47 bits per heavy atom. The molecule has 0 aliphatic carbocycles. The van der Waals surface area contributed by atoms with Crippen LogP contribution in [0.15, 0.2) is 22.7 Å². The van der Waals surface area contributed by atoms with Crippen LogP contribution < -0.4 is 5.32 Å². The first kappa shape index (κ1) is 13.0. The van der Waals surface area contributed by atoms with Crippen molar-refractivity contribution in [1.29, 1.82) is 0 Å². The summed E-state index contributed by atoms with van der Waals surface area (Å²) in [6.45, 7) is 1.03. The van der Waals surface area contributed by atoms with Gasteiger partial charge in [0.05, 0.1) is 10.6 Å². The van der Waals surface area contributed by atoms with Crippen LogP contribution in [0, 0.1) is 5.82 Å². The van der Waals surface area contributed by atoms with Gasteiger partial charge in [0.15, 0.2) is 0 Å². The average Bonchev–Trinajstić information content (AvgIpc) is 2.34. The van der Waals surface area contributed by atoms with E-state index < -0.39 is 6.10 Å². The van der Waals surface area contributed by atoms with E-state index in [1.54, 1.807) is 12.1 Å². The number of piperidine rings is 1. The molecule has 1 aromatic rings. The number of hydrogen-bond donors (Lipinski definition) is 2. The van der Waals surface area contributed by atoms with Crippen molar-refractivity contribution >= 4 is 15.9 Å². The summed E-state index contributed by atoms with van der Waals surface area (Å²) in [6.07, 6.45) is 3.71. The van der Waals surface area contributed by atoms with Crippen molar-refractivity contribution < 1.29 is 9.50 Å². The zero-order valence-electron chi connectivity index (χ0n) is 9.63. The van der Waals surface area contributed by atoms with Gasteiger partial charge in [0.25, 0.3) is 0 Å². The van der Waals surface area contributed by atoms with Gasteiger partial charge in [-0.05, 0) is 59.4 Å². The summed E-state index contributed by atoms with van der Waals surface area (Å²) >= 11 is 3.14. The van der Waals surface area contributed by atoms with Crippen LogP contribution in [0.25, 0.3) is 0 Å². The number of halogens is 2. The summed E-state index contributed by atoms with van der Waals surface area (Å²) < 4.78 is 13.5. The fraction of sp³-hybridized carbons (Fsp3) is 0.538. The number of rotatable bonds is 3. The SMILES string of the molecule is OC(CC1CCCCN1)c1ccc(F)c(Br)c1. The molecule has 1 heterocycles. The quantitative estimate of drug-likeness (QED) is 0.899. The molecule has 1 aliphatic heterocycles. The zero-order chi connectivity index (χ0) is 12.3. The van der Waals surface area contributed by atoms with Crippen LogP contribution in [-0.2, 0) is 0 Å². The smallest absolute Gasteiger partial charge is 0.137 e. The van der Waals surface area contributed by atoms with Crippen molar-refractivity contribution in [1.82, 2.24) is 5.32 Å². The summed E-state index contributed by atoms with van der Waals surface area (Å²) in [5.74, 6) is -0.295. The maximum atomic E-state index is 13.1. The minimum atomic E-state index is -0.525. The first-order valence-corrected chi connectivity index (χ1v) is 6.82. The Labute approximate surface area is 109 Å². The summed E-state index contributed by atoms with van der Waals surface area (Å²) in [5, 5.41) is 13.5. The third-order valence-electron chi connectivity index (χ3n) is 3.25. The predicted molar refractivity (Wildman–Crippen MR) is 69.3 cm³/mol. The maximum absolute atomic E-state index is 13.1. The van der Waals surface area contributed by atoms with Gasteiger partial charge < -0.3 is 10.4 Å². The van der Waals surface area contributed by atoms with Crippen molar-refractivity contribution in [3.63, 3.8) is 0 Å². The van der Waals surface area contributed by atoms with E-state index >= 15 is 0 Å². The molecular formula is C13H17BrFNO. The summed E-state index contributed by atoms with van der Waals surface area (Å²) in [5.41, 5.74) is 0.769. The predicted octanol–water partition coefficient (Wildman–Crippen LogP) is 3.15. The number of nitrogens with one attached hydrogen (secondary N) is 1. The number of aliphatic hydroxyl groups is 1. The van der Waals surface area contributed by atoms with Gasteiger partial charge in [-0.25, -0.2) is 4.39 Å². The largest absolute Gasteiger partial charge is 0.388 e. The first-order chi connectivity index (χ1) is 8.16. The van der Waals surface area contributed by atoms with Gasteiger partial charge in [0.2, 0.25) is 0 Å². The average molecular weight is 302 g/mol. The Morgan fingerprint density at radius 2 is 2.29 bits per heavy atom. The second-order valence-corrected chi connectivity index (χ2v) is 5.43. The van der Waals surface area contributed by atoms with Gasteiger partial charge in [-0.2, -0.15) is 0 Å². The molecule has 2 N–H and O–H groups in total. The lowest BCUT2D eigenvalue weighted by atomic mass is 9.96. The van der Waals surface area contributed by atoms with Gasteiger partial charge in [0.1, 0.15) is 5.82 Å². The fourth-order valence-electron chi connectivity index (χ4n) is 2.25. The maximum Gasteiger partial charge on any atom is 0.137 e. The molecule has 0 saturated carbocycles. The van der Waals surface area contributed by atoms with Gasteiger partial charge in [-0.1, -0.05) is 12.5 Å². The van der Waals surface area contributed by atoms with E-state index in [0.29, 0.717) is 16.9 Å². The van der Waals surface area contributed by atoms with Gasteiger partial charge >= 0.3 is 0 Å². The summed E-state index contributed by atoms with van der Waals surface area (Å²) in [7, 11) is 0. The highest BCUT2D eigenvalue weighted by atomic mass is 79.9. The topological polar surface area (TPSA) is 32.3 Å². The molecule has 0 bridgehead atoms. The fourth-order valence-corrected chi connectivity index (χ4v) is 2.65. The van der Waals surface area contributed by atoms with Crippen LogP contribution in [0.3, 0.4) is 0 Å². The van der Waals surface area contributed by atoms with Crippen molar-refractivity contribution in [3.05, 3.63) is 34.1 Å². The Morgan fingerprint density at radius 3 is 2.94 bits per heavy atom. The Kier molecular flexibility index (Phi) is 4.54. The molecule has 2 atom stereocenters. The van der Waals surface area contributed by atoms with Crippen molar-refractivity contribution in [2.45, 2.75) is 37.8 Å². The number of aliphatic hydroxyl groups excluding tert-OH is 1. The molecule has 94 valence electrons. The second kappa shape index (κ2) is 5.94. The molecule has 2 rings (SSSR count). The normalized spacial score (nSPS) is 22.4. The van der Waals surface area contributed by atoms with Crippen molar-refractivity contribution in [2.24, 2.45) is 0 Å². The van der Waals surface area contributed by atoms with E-state index in [2.05, 4.69) is 21.2 Å². The second-order valence-electron chi connectivity index (χ2n) is 4.57. The van der Waals surface area contributed by atoms with E-state index in [4.69, 9.17) is 0 Å². The van der Waals surface area contributed by atoms with Crippen LogP contribution >= 0.6 is 15.9 Å². The summed E-state index contributed by atoms with van der Waals surface area (Å²) in [6, 6.07) is 5.07. The van der Waals surface area contributed by atoms with Crippen LogP contribution in [0.1, 0.15) is 37.4 Å². The highest BCUT2D eigenvalue weighted by Gasteiger charge is 2.18. The molecule has 1 aromatic carbocycles. The zero-order valence-corrected chi connectivity index (χ0v) is 11.2. The monoisotopic (exact) mass is 301 g/mol. The van der Waals surface area contributed by atoms with E-state index in [1.807, 2.05) is 0 Å². The molecule has 0 spiro atoms. The van der Waals surface area contributed by atoms with Gasteiger partial charge in [0, 0.05) is 6.04 Å². The molecule has 2 nitrogen and oxygen atoms in total. The minimum absolute atomic E-state index is 0.295. The van der Waals surface area contributed by atoms with Gasteiger partial charge in [-0.15, -0.1) is 0 Å². The van der Waals surface area contributed by atoms with Crippen LogP contribution in [-0.4, -0.2) is 17.7 Å². The van der Waals surface area contributed by atoms with Crippen LogP contribution in [0.5, 0.6) is 0 Å². The Balaban J connectivity index is 1.98. The lowest BCUT2D eigenvalue weighted by molar-refractivity contribution is 0.144. The highest BCUT2D eigenvalue weighted by molar-refractivity contribution is 9.10.